The van der Waals surface area contributed by atoms with Crippen LogP contribution in [0.2, 0.25) is 0 Å². The molecule has 1 N–H and O–H groups in total. The molecular weight excluding hydrogens is 432 g/mol. The van der Waals surface area contributed by atoms with E-state index in [1.165, 1.54) is 64.2 Å². The number of esters is 1. The van der Waals surface area contributed by atoms with Gasteiger partial charge in [0.15, 0.2) is 0 Å². The fourth-order valence-corrected chi connectivity index (χ4v) is 4.92. The van der Waals surface area contributed by atoms with E-state index in [9.17, 15) is 4.79 Å². The average molecular weight is 479 g/mol. The van der Waals surface area contributed by atoms with Gasteiger partial charge in [-0.05, 0) is 36.7 Å². The Bertz CT molecular complexity index is 660. The molecule has 2 aliphatic rings. The van der Waals surface area contributed by atoms with Crippen LogP contribution in [-0.4, -0.2) is 51.2 Å². The Labute approximate surface area is 206 Å². The van der Waals surface area contributed by atoms with Crippen molar-refractivity contribution in [1.29, 1.82) is 0 Å². The van der Waals surface area contributed by atoms with Gasteiger partial charge in [-0.3, -0.25) is 0 Å². The summed E-state index contributed by atoms with van der Waals surface area (Å²) < 4.78 is 22.1. The number of rotatable bonds is 17. The summed E-state index contributed by atoms with van der Waals surface area (Å²) in [4.78, 5) is 11.6. The van der Waals surface area contributed by atoms with Gasteiger partial charge in [0.05, 0.1) is 18.8 Å². The summed E-state index contributed by atoms with van der Waals surface area (Å²) >= 11 is 0. The van der Waals surface area contributed by atoms with Gasteiger partial charge in [-0.2, -0.15) is 0 Å². The Morgan fingerprint density at radius 1 is 1.03 bits per heavy atom. The summed E-state index contributed by atoms with van der Waals surface area (Å²) in [7, 11) is 1.67. The zero-order chi connectivity index (χ0) is 24.6. The lowest BCUT2D eigenvalue weighted by Crippen LogP contribution is -2.24. The van der Waals surface area contributed by atoms with Crippen molar-refractivity contribution in [2.24, 2.45) is 17.8 Å². The van der Waals surface area contributed by atoms with Crippen LogP contribution in [0.1, 0.15) is 77.6 Å². The molecule has 0 aromatic rings. The zero-order valence-corrected chi connectivity index (χ0v) is 21.4. The topological polar surface area (TPSA) is 74.2 Å². The summed E-state index contributed by atoms with van der Waals surface area (Å²) in [6.07, 6.45) is 18.5. The lowest BCUT2D eigenvalue weighted by atomic mass is 9.72. The number of allylic oxidation sites excluding steroid dienone is 3. The monoisotopic (exact) mass is 478 g/mol. The molecule has 0 aromatic heterocycles. The molecule has 0 radical (unpaired) electrons. The number of hydrogen-bond acceptors (Lipinski definition) is 6. The minimum Gasteiger partial charge on any atom is -0.494 e. The average Bonchev–Trinajstić information content (AvgIpc) is 2.86. The van der Waals surface area contributed by atoms with Gasteiger partial charge >= 0.3 is 5.97 Å². The lowest BCUT2D eigenvalue weighted by molar-refractivity contribution is -0.140. The SMILES string of the molecule is C=C(CO)C(=O)OCCOC1=CC(OCCOC)=CC(C2CCC(CCCCCCC)CC2)C1. The normalized spacial score (nSPS) is 22.5. The highest BCUT2D eigenvalue weighted by molar-refractivity contribution is 5.87. The highest BCUT2D eigenvalue weighted by atomic mass is 16.6. The van der Waals surface area contributed by atoms with E-state index in [1.54, 1.807) is 7.11 Å². The second-order valence-corrected chi connectivity index (χ2v) is 9.62. The molecule has 6 heteroatoms. The van der Waals surface area contributed by atoms with Crippen molar-refractivity contribution in [3.63, 3.8) is 0 Å². The summed E-state index contributed by atoms with van der Waals surface area (Å²) in [5.41, 5.74) is 0.0465. The third-order valence-corrected chi connectivity index (χ3v) is 6.97. The first-order valence-electron chi connectivity index (χ1n) is 13.2. The molecule has 6 nitrogen and oxygen atoms in total. The maximum atomic E-state index is 11.6. The highest BCUT2D eigenvalue weighted by Crippen LogP contribution is 2.40. The van der Waals surface area contributed by atoms with Gasteiger partial charge < -0.3 is 24.1 Å². The number of ether oxygens (including phenoxy) is 4. The molecule has 1 unspecified atom stereocenters. The second-order valence-electron chi connectivity index (χ2n) is 9.62. The molecule has 0 bridgehead atoms. The van der Waals surface area contributed by atoms with Crippen LogP contribution in [0.5, 0.6) is 0 Å². The van der Waals surface area contributed by atoms with Gasteiger partial charge in [0, 0.05) is 19.6 Å². The van der Waals surface area contributed by atoms with Gasteiger partial charge in [-0.15, -0.1) is 0 Å². The predicted molar refractivity (Wildman–Crippen MR) is 134 cm³/mol. The molecule has 2 rings (SSSR count). The van der Waals surface area contributed by atoms with Gasteiger partial charge in [-0.25, -0.2) is 4.79 Å². The van der Waals surface area contributed by atoms with Crippen molar-refractivity contribution < 1.29 is 28.8 Å². The lowest BCUT2D eigenvalue weighted by Gasteiger charge is -2.34. The molecule has 0 heterocycles. The van der Waals surface area contributed by atoms with Gasteiger partial charge in [0.2, 0.25) is 0 Å². The smallest absolute Gasteiger partial charge is 0.335 e. The first kappa shape index (κ1) is 28.4. The standard InChI is InChI=1S/C28H46O6/c1-4-5-6-7-8-9-23-10-12-24(13-11-23)25-18-26(32-15-14-31-3)20-27(19-25)33-16-17-34-28(30)22(2)21-29/h18,20,23-25,29H,2,4-17,19,21H2,1,3H3. The summed E-state index contributed by atoms with van der Waals surface area (Å²) in [6, 6.07) is 0. The van der Waals surface area contributed by atoms with Gasteiger partial charge in [0.1, 0.15) is 31.3 Å². The molecule has 0 saturated heterocycles. The molecule has 0 aliphatic heterocycles. The number of carbonyl (C=O) groups excluding carboxylic acids is 1. The number of aliphatic hydroxyl groups excluding tert-OH is 1. The van der Waals surface area contributed by atoms with E-state index >= 15 is 0 Å². The Hall–Kier alpha value is -1.79. The molecule has 0 aromatic carbocycles. The molecule has 0 spiro atoms. The Morgan fingerprint density at radius 3 is 2.47 bits per heavy atom. The van der Waals surface area contributed by atoms with Crippen molar-refractivity contribution in [2.75, 3.05) is 40.1 Å². The number of methoxy groups -OCH3 is 1. The van der Waals surface area contributed by atoms with E-state index in [4.69, 9.17) is 24.1 Å². The minimum absolute atomic E-state index is 0.0465. The molecule has 1 atom stereocenters. The summed E-state index contributed by atoms with van der Waals surface area (Å²) in [6.45, 7) is 6.77. The fourth-order valence-electron chi connectivity index (χ4n) is 4.92. The maximum absolute atomic E-state index is 11.6. The van der Waals surface area contributed by atoms with Crippen molar-refractivity contribution in [1.82, 2.24) is 0 Å². The zero-order valence-electron chi connectivity index (χ0n) is 21.4. The Balaban J connectivity index is 1.82. The Kier molecular flexibility index (Phi) is 14.0. The molecule has 1 fully saturated rings. The molecule has 2 aliphatic carbocycles. The number of unbranched alkanes of at least 4 members (excludes halogenated alkanes) is 4. The van der Waals surface area contributed by atoms with E-state index in [0.29, 0.717) is 25.0 Å². The van der Waals surface area contributed by atoms with Gasteiger partial charge in [-0.1, -0.05) is 64.9 Å². The van der Waals surface area contributed by atoms with Crippen LogP contribution in [0.25, 0.3) is 0 Å². The van der Waals surface area contributed by atoms with Crippen LogP contribution in [0, 0.1) is 17.8 Å². The second kappa shape index (κ2) is 16.8. The third-order valence-electron chi connectivity index (χ3n) is 6.97. The molecule has 1 saturated carbocycles. The quantitative estimate of drug-likeness (QED) is 0.164. The van der Waals surface area contributed by atoms with Crippen LogP contribution >= 0.6 is 0 Å². The Morgan fingerprint density at radius 2 is 1.76 bits per heavy atom. The first-order chi connectivity index (χ1) is 16.6. The molecule has 0 amide bonds. The minimum atomic E-state index is -0.591. The molecule has 34 heavy (non-hydrogen) atoms. The maximum Gasteiger partial charge on any atom is 0.335 e. The van der Waals surface area contributed by atoms with Crippen molar-refractivity contribution in [2.45, 2.75) is 77.6 Å². The predicted octanol–water partition coefficient (Wildman–Crippen LogP) is 5.71. The summed E-state index contributed by atoms with van der Waals surface area (Å²) in [5, 5.41) is 8.96. The van der Waals surface area contributed by atoms with Gasteiger partial charge in [0.25, 0.3) is 0 Å². The molecular formula is C28H46O6. The van der Waals surface area contributed by atoms with E-state index in [1.807, 2.05) is 6.08 Å². The fraction of sp³-hybridized carbons (Fsp3) is 0.750. The van der Waals surface area contributed by atoms with Crippen molar-refractivity contribution in [3.8, 4) is 0 Å². The van der Waals surface area contributed by atoms with Crippen LogP contribution in [-0.2, 0) is 23.7 Å². The van der Waals surface area contributed by atoms with Crippen LogP contribution in [0.4, 0.5) is 0 Å². The van der Waals surface area contributed by atoms with E-state index in [2.05, 4.69) is 19.6 Å². The summed E-state index contributed by atoms with van der Waals surface area (Å²) in [5.74, 6) is 3.06. The van der Waals surface area contributed by atoms with Crippen molar-refractivity contribution >= 4 is 5.97 Å². The third kappa shape index (κ3) is 10.6. The highest BCUT2D eigenvalue weighted by Gasteiger charge is 2.29. The largest absolute Gasteiger partial charge is 0.494 e. The van der Waals surface area contributed by atoms with Crippen LogP contribution in [0.15, 0.2) is 35.8 Å². The molecule has 194 valence electrons. The van der Waals surface area contributed by atoms with Crippen molar-refractivity contribution in [3.05, 3.63) is 35.8 Å². The van der Waals surface area contributed by atoms with E-state index in [-0.39, 0.29) is 18.8 Å². The number of aliphatic hydroxyl groups is 1. The number of hydrogen-bond donors (Lipinski definition) is 1. The first-order valence-corrected chi connectivity index (χ1v) is 13.2. The van der Waals surface area contributed by atoms with E-state index < -0.39 is 12.6 Å². The van der Waals surface area contributed by atoms with Crippen LogP contribution in [0.3, 0.4) is 0 Å². The van der Waals surface area contributed by atoms with E-state index in [0.717, 1.165) is 23.9 Å². The number of carbonyl (C=O) groups is 1. The van der Waals surface area contributed by atoms with Crippen LogP contribution < -0.4 is 0 Å².